The molecule has 0 spiro atoms. The Bertz CT molecular complexity index is 159. The van der Waals surface area contributed by atoms with E-state index in [-0.39, 0.29) is 36.2 Å². The standard InChI is InChI=1S/C3H3O5P.Na/c4-3-7-1-2(8-3)9(5)6;/h2H,1H2;/q;+1. The van der Waals surface area contributed by atoms with Gasteiger partial charge in [-0.1, -0.05) is 4.57 Å². The van der Waals surface area contributed by atoms with Gasteiger partial charge in [0.2, 0.25) is 0 Å². The third kappa shape index (κ3) is 2.52. The molecule has 1 aliphatic heterocycles. The first-order valence-electron chi connectivity index (χ1n) is 2.17. The average Bonchev–Trinajstić information content (AvgIpc) is 2.14. The van der Waals surface area contributed by atoms with Crippen molar-refractivity contribution in [1.29, 1.82) is 0 Å². The SMILES string of the molecule is O=C1OCC([P+](=O)[O-])O1.[Na+]. The molecule has 2 atom stereocenters. The number of hydrogen-bond donors (Lipinski definition) is 0. The second-order valence-corrected chi connectivity index (χ2v) is 2.57. The summed E-state index contributed by atoms with van der Waals surface area (Å²) in [5, 5.41) is 0. The minimum atomic E-state index is -2.70. The zero-order chi connectivity index (χ0) is 6.85. The van der Waals surface area contributed by atoms with Gasteiger partial charge in [-0.05, 0) is 0 Å². The summed E-state index contributed by atoms with van der Waals surface area (Å²) in [5.41, 5.74) is 0. The van der Waals surface area contributed by atoms with Crippen molar-refractivity contribution in [2.24, 2.45) is 0 Å². The van der Waals surface area contributed by atoms with E-state index < -0.39 is 20.0 Å². The van der Waals surface area contributed by atoms with E-state index in [1.165, 1.54) is 0 Å². The van der Waals surface area contributed by atoms with E-state index in [0.29, 0.717) is 0 Å². The van der Waals surface area contributed by atoms with Gasteiger partial charge in [0, 0.05) is 0 Å². The van der Waals surface area contributed by atoms with Crippen molar-refractivity contribution >= 4 is 14.2 Å². The van der Waals surface area contributed by atoms with Crippen LogP contribution in [0.4, 0.5) is 4.79 Å². The van der Waals surface area contributed by atoms with Crippen LogP contribution >= 0.6 is 8.03 Å². The molecule has 0 aromatic heterocycles. The van der Waals surface area contributed by atoms with Gasteiger partial charge in [0.25, 0.3) is 0 Å². The summed E-state index contributed by atoms with van der Waals surface area (Å²) >= 11 is 0. The Labute approximate surface area is 79.9 Å². The van der Waals surface area contributed by atoms with Gasteiger partial charge in [-0.3, -0.25) is 0 Å². The summed E-state index contributed by atoms with van der Waals surface area (Å²) in [4.78, 5) is 20.1. The molecule has 0 aromatic carbocycles. The van der Waals surface area contributed by atoms with Crippen LogP contribution in [0.15, 0.2) is 0 Å². The van der Waals surface area contributed by atoms with E-state index >= 15 is 0 Å². The number of hydrogen-bond acceptors (Lipinski definition) is 5. The fraction of sp³-hybridized carbons (Fsp3) is 0.667. The maximum atomic E-state index is 10.0. The van der Waals surface area contributed by atoms with Crippen LogP contribution in [-0.4, -0.2) is 18.6 Å². The fourth-order valence-corrected chi connectivity index (χ4v) is 0.791. The Morgan fingerprint density at radius 1 is 1.70 bits per heavy atom. The maximum absolute atomic E-state index is 10.0. The largest absolute Gasteiger partial charge is 1.00 e. The Morgan fingerprint density at radius 3 is 2.50 bits per heavy atom. The van der Waals surface area contributed by atoms with Crippen molar-refractivity contribution in [3.63, 3.8) is 0 Å². The summed E-state index contributed by atoms with van der Waals surface area (Å²) in [5.74, 6) is -1.08. The van der Waals surface area contributed by atoms with Gasteiger partial charge < -0.3 is 14.4 Å². The first-order valence-corrected chi connectivity index (χ1v) is 3.42. The summed E-state index contributed by atoms with van der Waals surface area (Å²) in [6.07, 6.45) is -0.917. The summed E-state index contributed by atoms with van der Waals surface area (Å²) < 4.78 is 18.4. The monoisotopic (exact) mass is 173 g/mol. The smallest absolute Gasteiger partial charge is 0.592 e. The van der Waals surface area contributed by atoms with Crippen molar-refractivity contribution in [2.45, 2.75) is 5.85 Å². The summed E-state index contributed by atoms with van der Waals surface area (Å²) in [6, 6.07) is 0. The molecule has 0 radical (unpaired) electrons. The van der Waals surface area contributed by atoms with Crippen molar-refractivity contribution in [3.05, 3.63) is 0 Å². The van der Waals surface area contributed by atoms with Crippen LogP contribution in [0.1, 0.15) is 0 Å². The van der Waals surface area contributed by atoms with Crippen molar-refractivity contribution in [3.8, 4) is 0 Å². The van der Waals surface area contributed by atoms with Crippen molar-refractivity contribution < 1.29 is 53.3 Å². The van der Waals surface area contributed by atoms with Crippen LogP contribution in [0.5, 0.6) is 0 Å². The van der Waals surface area contributed by atoms with Gasteiger partial charge in [0.05, 0.1) is 0 Å². The zero-order valence-electron chi connectivity index (χ0n) is 5.27. The van der Waals surface area contributed by atoms with E-state index in [4.69, 9.17) is 0 Å². The van der Waals surface area contributed by atoms with E-state index in [0.717, 1.165) is 0 Å². The quantitative estimate of drug-likeness (QED) is 0.234. The molecular formula is C3H3NaO5P+. The molecule has 0 aromatic rings. The van der Waals surface area contributed by atoms with E-state index in [2.05, 4.69) is 9.47 Å². The molecule has 0 aliphatic carbocycles. The molecule has 10 heavy (non-hydrogen) atoms. The second kappa shape index (κ2) is 4.26. The average molecular weight is 173 g/mol. The maximum Gasteiger partial charge on any atom is 1.00 e. The van der Waals surface area contributed by atoms with E-state index in [1.807, 2.05) is 0 Å². The predicted octanol–water partition coefficient (Wildman–Crippen LogP) is -3.41. The molecule has 1 saturated heterocycles. The molecule has 0 N–H and O–H groups in total. The zero-order valence-corrected chi connectivity index (χ0v) is 8.17. The van der Waals surface area contributed by atoms with Gasteiger partial charge in [0.15, 0.2) is 6.61 Å². The minimum Gasteiger partial charge on any atom is -0.592 e. The molecule has 1 heterocycles. The molecule has 1 fully saturated rings. The fourth-order valence-electron chi connectivity index (χ4n) is 0.422. The van der Waals surface area contributed by atoms with Crippen molar-refractivity contribution in [2.75, 3.05) is 6.61 Å². The Kier molecular flexibility index (Phi) is 4.40. The normalized spacial score (nSPS) is 24.3. The Morgan fingerprint density at radius 2 is 2.30 bits per heavy atom. The van der Waals surface area contributed by atoms with E-state index in [1.54, 1.807) is 0 Å². The van der Waals surface area contributed by atoms with Gasteiger partial charge in [0.1, 0.15) is 0 Å². The van der Waals surface area contributed by atoms with Crippen LogP contribution in [0.2, 0.25) is 0 Å². The first-order chi connectivity index (χ1) is 4.20. The van der Waals surface area contributed by atoms with Crippen LogP contribution in [0.3, 0.4) is 0 Å². The number of ether oxygens (including phenoxy) is 2. The number of cyclic esters (lactones) is 2. The van der Waals surface area contributed by atoms with Gasteiger partial charge >= 0.3 is 49.6 Å². The molecular weight excluding hydrogens is 170 g/mol. The summed E-state index contributed by atoms with van der Waals surface area (Å²) in [6.45, 7) is -0.183. The summed E-state index contributed by atoms with van der Waals surface area (Å²) in [7, 11) is -2.70. The molecule has 1 rings (SSSR count). The molecule has 5 nitrogen and oxygen atoms in total. The van der Waals surface area contributed by atoms with E-state index in [9.17, 15) is 14.3 Å². The topological polar surface area (TPSA) is 75.7 Å². The van der Waals surface area contributed by atoms with Crippen molar-refractivity contribution in [1.82, 2.24) is 0 Å². The predicted molar refractivity (Wildman–Crippen MR) is 23.8 cm³/mol. The molecule has 1 aliphatic rings. The molecule has 0 bridgehead atoms. The molecule has 0 saturated carbocycles. The van der Waals surface area contributed by atoms with Crippen LogP contribution in [0, 0.1) is 0 Å². The second-order valence-electron chi connectivity index (χ2n) is 1.42. The number of rotatable bonds is 1. The number of carbonyl (C=O) groups is 1. The Balaban J connectivity index is 0.000000810. The Hall–Kier alpha value is 0.330. The first kappa shape index (κ1) is 10.3. The van der Waals surface area contributed by atoms with Crippen LogP contribution < -0.4 is 34.5 Å². The third-order valence-electron chi connectivity index (χ3n) is 0.811. The van der Waals surface area contributed by atoms with Gasteiger partial charge in [-0.25, -0.2) is 4.79 Å². The van der Waals surface area contributed by atoms with Gasteiger partial charge in [-0.15, -0.1) is 0 Å². The van der Waals surface area contributed by atoms with Gasteiger partial charge in [-0.2, -0.15) is 0 Å². The van der Waals surface area contributed by atoms with Crippen LogP contribution in [0.25, 0.3) is 0 Å². The third-order valence-corrected chi connectivity index (χ3v) is 1.54. The number of carbonyl (C=O) groups excluding carboxylic acids is 1. The molecule has 0 amide bonds. The molecule has 2 unspecified atom stereocenters. The molecule has 7 heteroatoms. The minimum absolute atomic E-state index is 0. The van der Waals surface area contributed by atoms with Crippen LogP contribution in [-0.2, 0) is 14.0 Å². The molecule has 50 valence electrons.